The molecular formula is C18H27N5O. The van der Waals surface area contributed by atoms with Crippen molar-refractivity contribution in [3.8, 4) is 5.75 Å². The fourth-order valence-electron chi connectivity index (χ4n) is 3.20. The zero-order chi connectivity index (χ0) is 17.1. The van der Waals surface area contributed by atoms with Gasteiger partial charge in [-0.25, -0.2) is 0 Å². The van der Waals surface area contributed by atoms with Crippen LogP contribution in [0.15, 0.2) is 18.3 Å². The van der Waals surface area contributed by atoms with Crippen molar-refractivity contribution in [3.05, 3.63) is 41.0 Å². The SMILES string of the molecule is Cc1n[nH]c(C)c1CN1CCC(Oc2ccnc(CN(C)C)c2)C1. The third-order valence-corrected chi connectivity index (χ3v) is 4.46. The van der Waals surface area contributed by atoms with Crippen LogP contribution < -0.4 is 4.74 Å². The smallest absolute Gasteiger partial charge is 0.123 e. The number of rotatable bonds is 6. The first-order valence-electron chi connectivity index (χ1n) is 8.50. The maximum Gasteiger partial charge on any atom is 0.123 e. The molecule has 2 aromatic heterocycles. The van der Waals surface area contributed by atoms with E-state index in [9.17, 15) is 0 Å². The Kier molecular flexibility index (Phi) is 5.16. The molecule has 0 aromatic carbocycles. The van der Waals surface area contributed by atoms with Crippen molar-refractivity contribution in [3.63, 3.8) is 0 Å². The van der Waals surface area contributed by atoms with Crippen LogP contribution in [0.1, 0.15) is 29.1 Å². The Bertz CT molecular complexity index is 662. The third kappa shape index (κ3) is 4.13. The lowest BCUT2D eigenvalue weighted by Gasteiger charge is -2.17. The minimum Gasteiger partial charge on any atom is -0.489 e. The molecule has 6 nitrogen and oxygen atoms in total. The van der Waals surface area contributed by atoms with Crippen molar-refractivity contribution in [1.82, 2.24) is 25.0 Å². The number of H-pyrrole nitrogens is 1. The Balaban J connectivity index is 1.56. The number of pyridine rings is 1. The molecule has 1 fully saturated rings. The van der Waals surface area contributed by atoms with Crippen molar-refractivity contribution in [2.24, 2.45) is 0 Å². The Morgan fingerprint density at radius 2 is 2.21 bits per heavy atom. The zero-order valence-corrected chi connectivity index (χ0v) is 15.0. The molecule has 1 unspecified atom stereocenters. The first-order chi connectivity index (χ1) is 11.5. The van der Waals surface area contributed by atoms with E-state index in [0.29, 0.717) is 0 Å². The second-order valence-electron chi connectivity index (χ2n) is 6.90. The minimum absolute atomic E-state index is 0.243. The number of nitrogens with one attached hydrogen (secondary N) is 1. The lowest BCUT2D eigenvalue weighted by Crippen LogP contribution is -2.25. The van der Waals surface area contributed by atoms with Gasteiger partial charge in [0.25, 0.3) is 0 Å². The maximum atomic E-state index is 6.18. The average Bonchev–Trinajstić information content (AvgIpc) is 3.09. The first-order valence-corrected chi connectivity index (χ1v) is 8.50. The van der Waals surface area contributed by atoms with E-state index in [4.69, 9.17) is 4.74 Å². The second-order valence-corrected chi connectivity index (χ2v) is 6.90. The van der Waals surface area contributed by atoms with E-state index < -0.39 is 0 Å². The van der Waals surface area contributed by atoms with Gasteiger partial charge in [0.2, 0.25) is 0 Å². The molecule has 0 bridgehead atoms. The molecular weight excluding hydrogens is 302 g/mol. The molecule has 3 heterocycles. The standard InChI is InChI=1S/C18H27N5O/c1-13-18(14(2)21-20-13)12-23-8-6-17(11-23)24-16-5-7-19-15(9-16)10-22(3)4/h5,7,9,17H,6,8,10-12H2,1-4H3,(H,20,21). The predicted octanol–water partition coefficient (Wildman–Crippen LogP) is 2.14. The molecule has 3 rings (SSSR count). The largest absolute Gasteiger partial charge is 0.489 e. The number of hydrogen-bond donors (Lipinski definition) is 1. The molecule has 1 aliphatic heterocycles. The Morgan fingerprint density at radius 1 is 1.38 bits per heavy atom. The first kappa shape index (κ1) is 16.9. The Morgan fingerprint density at radius 3 is 2.92 bits per heavy atom. The third-order valence-electron chi connectivity index (χ3n) is 4.46. The van der Waals surface area contributed by atoms with Gasteiger partial charge in [0.15, 0.2) is 0 Å². The number of aromatic nitrogens is 3. The lowest BCUT2D eigenvalue weighted by atomic mass is 10.2. The summed E-state index contributed by atoms with van der Waals surface area (Å²) >= 11 is 0. The number of hydrogen-bond acceptors (Lipinski definition) is 5. The highest BCUT2D eigenvalue weighted by atomic mass is 16.5. The van der Waals surface area contributed by atoms with Gasteiger partial charge in [-0.05, 0) is 40.4 Å². The van der Waals surface area contributed by atoms with Crippen molar-refractivity contribution < 1.29 is 4.74 Å². The zero-order valence-electron chi connectivity index (χ0n) is 15.0. The van der Waals surface area contributed by atoms with Gasteiger partial charge < -0.3 is 9.64 Å². The molecule has 0 aliphatic carbocycles. The van der Waals surface area contributed by atoms with Gasteiger partial charge in [0.05, 0.1) is 11.4 Å². The maximum absolute atomic E-state index is 6.18. The van der Waals surface area contributed by atoms with Crippen molar-refractivity contribution in [2.45, 2.75) is 39.5 Å². The van der Waals surface area contributed by atoms with E-state index in [1.54, 1.807) is 0 Å². The summed E-state index contributed by atoms with van der Waals surface area (Å²) in [6.07, 6.45) is 3.13. The second kappa shape index (κ2) is 7.32. The van der Waals surface area contributed by atoms with Crippen molar-refractivity contribution in [1.29, 1.82) is 0 Å². The molecule has 0 amide bonds. The summed E-state index contributed by atoms with van der Waals surface area (Å²) < 4.78 is 6.18. The number of ether oxygens (including phenoxy) is 1. The summed E-state index contributed by atoms with van der Waals surface area (Å²) in [5.41, 5.74) is 4.61. The van der Waals surface area contributed by atoms with Gasteiger partial charge in [0, 0.05) is 49.7 Å². The average molecular weight is 329 g/mol. The van der Waals surface area contributed by atoms with Crippen LogP contribution in [0.2, 0.25) is 0 Å². The molecule has 2 aromatic rings. The van der Waals surface area contributed by atoms with Gasteiger partial charge in [-0.15, -0.1) is 0 Å². The van der Waals surface area contributed by atoms with Crippen LogP contribution in [-0.4, -0.2) is 58.3 Å². The summed E-state index contributed by atoms with van der Waals surface area (Å²) in [7, 11) is 4.09. The molecule has 6 heteroatoms. The van der Waals surface area contributed by atoms with Crippen LogP contribution in [0, 0.1) is 13.8 Å². The summed E-state index contributed by atoms with van der Waals surface area (Å²) in [5, 5.41) is 7.35. The monoisotopic (exact) mass is 329 g/mol. The van der Waals surface area contributed by atoms with E-state index in [2.05, 4.69) is 38.8 Å². The van der Waals surface area contributed by atoms with E-state index in [1.165, 1.54) is 11.3 Å². The van der Waals surface area contributed by atoms with Crippen molar-refractivity contribution >= 4 is 0 Å². The molecule has 24 heavy (non-hydrogen) atoms. The van der Waals surface area contributed by atoms with Gasteiger partial charge >= 0.3 is 0 Å². The van der Waals surface area contributed by atoms with Crippen LogP contribution in [0.4, 0.5) is 0 Å². The molecule has 0 spiro atoms. The summed E-state index contributed by atoms with van der Waals surface area (Å²) in [6, 6.07) is 4.00. The molecule has 1 aliphatic rings. The quantitative estimate of drug-likeness (QED) is 0.880. The highest BCUT2D eigenvalue weighted by Crippen LogP contribution is 2.21. The molecule has 1 atom stereocenters. The predicted molar refractivity (Wildman–Crippen MR) is 94.0 cm³/mol. The van der Waals surface area contributed by atoms with E-state index in [-0.39, 0.29) is 6.10 Å². The topological polar surface area (TPSA) is 57.3 Å². The van der Waals surface area contributed by atoms with Gasteiger partial charge in [0.1, 0.15) is 11.9 Å². The van der Waals surface area contributed by atoms with Gasteiger partial charge in [-0.3, -0.25) is 15.0 Å². The van der Waals surface area contributed by atoms with E-state index >= 15 is 0 Å². The molecule has 0 radical (unpaired) electrons. The summed E-state index contributed by atoms with van der Waals surface area (Å²) in [5.74, 6) is 0.921. The van der Waals surface area contributed by atoms with Crippen LogP contribution in [0.3, 0.4) is 0 Å². The fraction of sp³-hybridized carbons (Fsp3) is 0.556. The highest BCUT2D eigenvalue weighted by Gasteiger charge is 2.25. The normalized spacial score (nSPS) is 18.5. The lowest BCUT2D eigenvalue weighted by molar-refractivity contribution is 0.197. The van der Waals surface area contributed by atoms with Gasteiger partial charge in [-0.1, -0.05) is 0 Å². The van der Waals surface area contributed by atoms with Crippen LogP contribution in [0.5, 0.6) is 5.75 Å². The highest BCUT2D eigenvalue weighted by molar-refractivity contribution is 5.24. The van der Waals surface area contributed by atoms with Crippen molar-refractivity contribution in [2.75, 3.05) is 27.2 Å². The molecule has 1 N–H and O–H groups in total. The number of aromatic amines is 1. The summed E-state index contributed by atoms with van der Waals surface area (Å²) in [6.45, 7) is 7.93. The number of nitrogens with zero attached hydrogens (tertiary/aromatic N) is 4. The van der Waals surface area contributed by atoms with Crippen LogP contribution >= 0.6 is 0 Å². The van der Waals surface area contributed by atoms with Crippen LogP contribution in [-0.2, 0) is 13.1 Å². The molecule has 1 saturated heterocycles. The summed E-state index contributed by atoms with van der Waals surface area (Å²) in [4.78, 5) is 8.95. The van der Waals surface area contributed by atoms with Gasteiger partial charge in [-0.2, -0.15) is 5.10 Å². The molecule has 130 valence electrons. The Labute approximate surface area is 143 Å². The van der Waals surface area contributed by atoms with E-state index in [0.717, 1.165) is 49.7 Å². The number of aryl methyl sites for hydroxylation is 2. The van der Waals surface area contributed by atoms with Crippen LogP contribution in [0.25, 0.3) is 0 Å². The number of likely N-dealkylation sites (tertiary alicyclic amines) is 1. The molecule has 0 saturated carbocycles. The Hall–Kier alpha value is -1.92. The fourth-order valence-corrected chi connectivity index (χ4v) is 3.20. The minimum atomic E-state index is 0.243. The van der Waals surface area contributed by atoms with E-state index in [1.807, 2.05) is 32.4 Å².